The van der Waals surface area contributed by atoms with Crippen LogP contribution in [0.15, 0.2) is 22.0 Å². The number of aromatic nitrogens is 2. The van der Waals surface area contributed by atoms with E-state index in [-0.39, 0.29) is 6.61 Å². The number of nitrogens with zero attached hydrogens (tertiary/aromatic N) is 2. The molecule has 0 atom stereocenters. The molecule has 1 heterocycles. The highest BCUT2D eigenvalue weighted by molar-refractivity contribution is 9.10. The van der Waals surface area contributed by atoms with Crippen molar-refractivity contribution in [1.82, 2.24) is 9.97 Å². The van der Waals surface area contributed by atoms with Crippen LogP contribution in [0.3, 0.4) is 0 Å². The maximum absolute atomic E-state index is 8.52. The van der Waals surface area contributed by atoms with Crippen LogP contribution in [0.1, 0.15) is 0 Å². The first kappa shape index (κ1) is 8.96. The lowest BCUT2D eigenvalue weighted by Crippen LogP contribution is -1.88. The topological polar surface area (TPSA) is 46.0 Å². The molecule has 1 aromatic rings. The van der Waals surface area contributed by atoms with Crippen molar-refractivity contribution in [2.45, 2.75) is 5.03 Å². The van der Waals surface area contributed by atoms with Gasteiger partial charge in [0.1, 0.15) is 16.0 Å². The van der Waals surface area contributed by atoms with Crippen LogP contribution in [0.5, 0.6) is 0 Å². The maximum Gasteiger partial charge on any atom is 0.118 e. The zero-order valence-electron chi connectivity index (χ0n) is 5.70. The molecule has 0 aliphatic rings. The van der Waals surface area contributed by atoms with Gasteiger partial charge in [-0.25, -0.2) is 9.97 Å². The van der Waals surface area contributed by atoms with Crippen LogP contribution in [-0.4, -0.2) is 27.4 Å². The summed E-state index contributed by atoms with van der Waals surface area (Å²) in [7, 11) is 0. The van der Waals surface area contributed by atoms with Crippen LogP contribution in [0.2, 0.25) is 0 Å². The van der Waals surface area contributed by atoms with Gasteiger partial charge in [-0.1, -0.05) is 0 Å². The van der Waals surface area contributed by atoms with Gasteiger partial charge in [-0.2, -0.15) is 0 Å². The predicted octanol–water partition coefficient (Wildman–Crippen LogP) is 1.32. The van der Waals surface area contributed by atoms with Crippen LogP contribution in [0, 0.1) is 0 Å². The van der Waals surface area contributed by atoms with Crippen molar-refractivity contribution in [3.8, 4) is 0 Å². The molecule has 0 unspecified atom stereocenters. The Morgan fingerprint density at radius 3 is 3.00 bits per heavy atom. The summed E-state index contributed by atoms with van der Waals surface area (Å²) >= 11 is 4.73. The Bertz CT molecular complexity index is 234. The van der Waals surface area contributed by atoms with Crippen LogP contribution >= 0.6 is 27.7 Å². The molecular weight excluding hydrogens is 228 g/mol. The summed E-state index contributed by atoms with van der Waals surface area (Å²) in [6.07, 6.45) is 1.49. The zero-order chi connectivity index (χ0) is 8.10. The van der Waals surface area contributed by atoms with E-state index in [1.54, 1.807) is 0 Å². The molecule has 11 heavy (non-hydrogen) atoms. The highest BCUT2D eigenvalue weighted by Gasteiger charge is 1.95. The molecule has 0 spiro atoms. The largest absolute Gasteiger partial charge is 0.396 e. The lowest BCUT2D eigenvalue weighted by atomic mass is 10.7. The van der Waals surface area contributed by atoms with Crippen molar-refractivity contribution < 1.29 is 5.11 Å². The van der Waals surface area contributed by atoms with E-state index in [9.17, 15) is 0 Å². The SMILES string of the molecule is OCCSc1cc(Br)ncn1. The van der Waals surface area contributed by atoms with Crippen LogP contribution in [0.4, 0.5) is 0 Å². The molecule has 60 valence electrons. The van der Waals surface area contributed by atoms with Crippen molar-refractivity contribution in [2.75, 3.05) is 12.4 Å². The van der Waals surface area contributed by atoms with Gasteiger partial charge in [0.15, 0.2) is 0 Å². The number of hydrogen-bond acceptors (Lipinski definition) is 4. The molecule has 1 aromatic heterocycles. The summed E-state index contributed by atoms with van der Waals surface area (Å²) in [6, 6.07) is 1.82. The Balaban J connectivity index is 2.56. The van der Waals surface area contributed by atoms with Crippen molar-refractivity contribution in [2.24, 2.45) is 0 Å². The van der Waals surface area contributed by atoms with Crippen molar-refractivity contribution in [1.29, 1.82) is 0 Å². The lowest BCUT2D eigenvalue weighted by Gasteiger charge is -1.96. The smallest absolute Gasteiger partial charge is 0.118 e. The molecule has 5 heteroatoms. The average molecular weight is 235 g/mol. The van der Waals surface area contributed by atoms with Crippen LogP contribution in [0.25, 0.3) is 0 Å². The molecule has 0 aliphatic carbocycles. The first-order chi connectivity index (χ1) is 5.33. The molecule has 3 nitrogen and oxygen atoms in total. The Morgan fingerprint density at radius 1 is 1.55 bits per heavy atom. The number of rotatable bonds is 3. The number of aliphatic hydroxyl groups is 1. The van der Waals surface area contributed by atoms with Crippen LogP contribution in [-0.2, 0) is 0 Å². The quantitative estimate of drug-likeness (QED) is 0.634. The molecule has 0 aromatic carbocycles. The molecule has 0 radical (unpaired) electrons. The third-order valence-electron chi connectivity index (χ3n) is 0.950. The molecule has 1 N–H and O–H groups in total. The minimum absolute atomic E-state index is 0.173. The van der Waals surface area contributed by atoms with Gasteiger partial charge in [-0.15, -0.1) is 11.8 Å². The summed E-state index contributed by atoms with van der Waals surface area (Å²) in [5.74, 6) is 0.670. The van der Waals surface area contributed by atoms with Crippen molar-refractivity contribution in [3.05, 3.63) is 17.0 Å². The average Bonchev–Trinajstić information content (AvgIpc) is 2.01. The second kappa shape index (κ2) is 4.69. The summed E-state index contributed by atoms with van der Waals surface area (Å²) in [6.45, 7) is 0.173. The Morgan fingerprint density at radius 2 is 2.36 bits per heavy atom. The Kier molecular flexibility index (Phi) is 3.82. The standard InChI is InChI=1S/C6H7BrN2OS/c7-5-3-6(9-4-8-5)11-2-1-10/h3-4,10H,1-2H2. The van der Waals surface area contributed by atoms with E-state index in [1.165, 1.54) is 18.1 Å². The second-order valence-electron chi connectivity index (χ2n) is 1.75. The van der Waals surface area contributed by atoms with E-state index in [4.69, 9.17) is 5.11 Å². The van der Waals surface area contributed by atoms with Crippen LogP contribution < -0.4 is 0 Å². The number of thioether (sulfide) groups is 1. The number of halogens is 1. The minimum Gasteiger partial charge on any atom is -0.396 e. The van der Waals surface area contributed by atoms with E-state index in [0.29, 0.717) is 5.75 Å². The molecule has 0 saturated heterocycles. The first-order valence-corrected chi connectivity index (χ1v) is 4.82. The summed E-state index contributed by atoms with van der Waals surface area (Å²) in [4.78, 5) is 7.87. The van der Waals surface area contributed by atoms with Gasteiger partial charge < -0.3 is 5.11 Å². The highest BCUT2D eigenvalue weighted by atomic mass is 79.9. The first-order valence-electron chi connectivity index (χ1n) is 3.04. The van der Waals surface area contributed by atoms with E-state index in [0.717, 1.165) is 9.63 Å². The molecule has 0 bridgehead atoms. The molecule has 0 fully saturated rings. The predicted molar refractivity (Wildman–Crippen MR) is 47.5 cm³/mol. The van der Waals surface area contributed by atoms with Gasteiger partial charge in [0.2, 0.25) is 0 Å². The van der Waals surface area contributed by atoms with Gasteiger partial charge in [0.25, 0.3) is 0 Å². The number of hydrogen-bond donors (Lipinski definition) is 1. The van der Waals surface area contributed by atoms with Gasteiger partial charge >= 0.3 is 0 Å². The fourth-order valence-electron chi connectivity index (χ4n) is 0.546. The lowest BCUT2D eigenvalue weighted by molar-refractivity contribution is 0.322. The van der Waals surface area contributed by atoms with Gasteiger partial charge in [0.05, 0.1) is 6.61 Å². The molecular formula is C6H7BrN2OS. The molecule has 1 rings (SSSR count). The van der Waals surface area contributed by atoms with Gasteiger partial charge in [-0.3, -0.25) is 0 Å². The third kappa shape index (κ3) is 3.18. The third-order valence-corrected chi connectivity index (χ3v) is 2.29. The van der Waals surface area contributed by atoms with E-state index in [1.807, 2.05) is 6.07 Å². The molecule has 0 aliphatic heterocycles. The van der Waals surface area contributed by atoms with E-state index >= 15 is 0 Å². The fourth-order valence-corrected chi connectivity index (χ4v) is 1.62. The Labute approximate surface area is 77.4 Å². The van der Waals surface area contributed by atoms with Gasteiger partial charge in [-0.05, 0) is 15.9 Å². The van der Waals surface area contributed by atoms with Gasteiger partial charge in [0, 0.05) is 11.8 Å². The van der Waals surface area contributed by atoms with E-state index < -0.39 is 0 Å². The summed E-state index contributed by atoms with van der Waals surface area (Å²) < 4.78 is 0.771. The molecule has 0 saturated carbocycles. The van der Waals surface area contributed by atoms with Crippen molar-refractivity contribution >= 4 is 27.7 Å². The zero-order valence-corrected chi connectivity index (χ0v) is 8.10. The maximum atomic E-state index is 8.52. The van der Waals surface area contributed by atoms with E-state index in [2.05, 4.69) is 25.9 Å². The van der Waals surface area contributed by atoms with Crippen molar-refractivity contribution in [3.63, 3.8) is 0 Å². The monoisotopic (exact) mass is 234 g/mol. The number of aliphatic hydroxyl groups excluding tert-OH is 1. The fraction of sp³-hybridized carbons (Fsp3) is 0.333. The molecule has 0 amide bonds. The highest BCUT2D eigenvalue weighted by Crippen LogP contribution is 2.16. The summed E-state index contributed by atoms with van der Waals surface area (Å²) in [5, 5.41) is 9.40. The Hall–Kier alpha value is -0.130. The minimum atomic E-state index is 0.173. The normalized spacial score (nSPS) is 10.0. The summed E-state index contributed by atoms with van der Waals surface area (Å²) in [5.41, 5.74) is 0. The second-order valence-corrected chi connectivity index (χ2v) is 3.68.